The van der Waals surface area contributed by atoms with Gasteiger partial charge in [0.1, 0.15) is 0 Å². The molecule has 0 unspecified atom stereocenters. The van der Waals surface area contributed by atoms with Crippen molar-refractivity contribution in [3.63, 3.8) is 0 Å². The van der Waals surface area contributed by atoms with Crippen molar-refractivity contribution >= 4 is 22.8 Å². The smallest absolute Gasteiger partial charge is 0.258 e. The van der Waals surface area contributed by atoms with Crippen LogP contribution in [0.25, 0.3) is 0 Å². The van der Waals surface area contributed by atoms with Gasteiger partial charge in [-0.2, -0.15) is 0 Å². The zero-order valence-electron chi connectivity index (χ0n) is 14.4. The number of nitro groups is 2. The van der Waals surface area contributed by atoms with Crippen molar-refractivity contribution in [2.45, 2.75) is 6.92 Å². The topological polar surface area (TPSA) is 98.6 Å². The molecule has 0 fully saturated rings. The lowest BCUT2D eigenvalue weighted by molar-refractivity contribution is -0.385. The molecule has 27 heavy (non-hydrogen) atoms. The fraction of sp³-hybridized carbons (Fsp3) is 0.0500. The van der Waals surface area contributed by atoms with Crippen LogP contribution in [0.2, 0.25) is 0 Å². The van der Waals surface area contributed by atoms with Crippen molar-refractivity contribution in [3.05, 3.63) is 110 Å². The van der Waals surface area contributed by atoms with Gasteiger partial charge in [0.2, 0.25) is 0 Å². The molecule has 134 valence electrons. The van der Waals surface area contributed by atoms with Gasteiger partial charge in [0.15, 0.2) is 0 Å². The first-order chi connectivity index (χ1) is 12.9. The van der Waals surface area contributed by atoms with E-state index >= 15 is 0 Å². The van der Waals surface area contributed by atoms with Crippen LogP contribution in [-0.4, -0.2) is 15.6 Å². The van der Waals surface area contributed by atoms with Gasteiger partial charge in [-0.15, -0.1) is 0 Å². The van der Waals surface area contributed by atoms with Crippen molar-refractivity contribution in [2.24, 2.45) is 4.99 Å². The average molecular weight is 361 g/mol. The molecule has 7 heteroatoms. The number of aliphatic imine (C=N–C) groups is 1. The highest BCUT2D eigenvalue weighted by molar-refractivity contribution is 6.14. The Morgan fingerprint density at radius 3 is 1.48 bits per heavy atom. The van der Waals surface area contributed by atoms with E-state index in [4.69, 9.17) is 0 Å². The molecule has 0 heterocycles. The molecule has 0 aliphatic rings. The predicted molar refractivity (Wildman–Crippen MR) is 103 cm³/mol. The van der Waals surface area contributed by atoms with Crippen LogP contribution in [-0.2, 0) is 0 Å². The van der Waals surface area contributed by atoms with E-state index in [1.165, 1.54) is 24.3 Å². The Labute approximate surface area is 154 Å². The van der Waals surface area contributed by atoms with Crippen LogP contribution in [0.5, 0.6) is 0 Å². The second-order valence-corrected chi connectivity index (χ2v) is 5.90. The van der Waals surface area contributed by atoms with E-state index in [2.05, 4.69) is 4.99 Å². The zero-order valence-corrected chi connectivity index (χ0v) is 14.4. The van der Waals surface area contributed by atoms with Gasteiger partial charge in [-0.1, -0.05) is 17.7 Å². The standard InChI is InChI=1S/C20H15N3O4/c1-14-2-8-17(9-3-14)21-20(15-4-10-18(11-5-15)22(24)25)16-6-12-19(13-7-16)23(26)27/h2-13H,1H3. The van der Waals surface area contributed by atoms with Gasteiger partial charge >= 0.3 is 0 Å². The molecular weight excluding hydrogens is 346 g/mol. The molecular formula is C20H15N3O4. The highest BCUT2D eigenvalue weighted by Gasteiger charge is 2.12. The summed E-state index contributed by atoms with van der Waals surface area (Å²) < 4.78 is 0. The number of nitro benzene ring substituents is 2. The van der Waals surface area contributed by atoms with Gasteiger partial charge in [0, 0.05) is 35.4 Å². The van der Waals surface area contributed by atoms with Gasteiger partial charge in [0.25, 0.3) is 11.4 Å². The number of hydrogen-bond acceptors (Lipinski definition) is 5. The predicted octanol–water partition coefficient (Wildman–Crippen LogP) is 4.98. The molecule has 0 aromatic heterocycles. The summed E-state index contributed by atoms with van der Waals surface area (Å²) in [5, 5.41) is 21.8. The van der Waals surface area contributed by atoms with Crippen molar-refractivity contribution < 1.29 is 9.85 Å². The van der Waals surface area contributed by atoms with E-state index in [-0.39, 0.29) is 11.4 Å². The molecule has 3 rings (SSSR count). The highest BCUT2D eigenvalue weighted by Crippen LogP contribution is 2.22. The van der Waals surface area contributed by atoms with Crippen molar-refractivity contribution in [1.82, 2.24) is 0 Å². The van der Waals surface area contributed by atoms with Crippen LogP contribution >= 0.6 is 0 Å². The number of rotatable bonds is 5. The monoisotopic (exact) mass is 361 g/mol. The molecule has 0 N–H and O–H groups in total. The largest absolute Gasteiger partial charge is 0.269 e. The summed E-state index contributed by atoms with van der Waals surface area (Å²) in [6, 6.07) is 19.7. The summed E-state index contributed by atoms with van der Waals surface area (Å²) >= 11 is 0. The Morgan fingerprint density at radius 2 is 1.11 bits per heavy atom. The first-order valence-corrected chi connectivity index (χ1v) is 8.09. The van der Waals surface area contributed by atoms with Crippen molar-refractivity contribution in [1.29, 1.82) is 0 Å². The minimum Gasteiger partial charge on any atom is -0.258 e. The van der Waals surface area contributed by atoms with E-state index in [9.17, 15) is 20.2 Å². The highest BCUT2D eigenvalue weighted by atomic mass is 16.6. The van der Waals surface area contributed by atoms with Crippen LogP contribution < -0.4 is 0 Å². The normalized spacial score (nSPS) is 10.3. The quantitative estimate of drug-likeness (QED) is 0.363. The van der Waals surface area contributed by atoms with Crippen LogP contribution in [0.3, 0.4) is 0 Å². The molecule has 0 saturated carbocycles. The summed E-state index contributed by atoms with van der Waals surface area (Å²) in [7, 11) is 0. The maximum Gasteiger partial charge on any atom is 0.269 e. The van der Waals surface area contributed by atoms with Gasteiger partial charge in [-0.05, 0) is 43.3 Å². The number of hydrogen-bond donors (Lipinski definition) is 0. The zero-order chi connectivity index (χ0) is 19.4. The van der Waals surface area contributed by atoms with E-state index in [1.807, 2.05) is 31.2 Å². The maximum absolute atomic E-state index is 10.9. The van der Waals surface area contributed by atoms with E-state index in [1.54, 1.807) is 24.3 Å². The lowest BCUT2D eigenvalue weighted by Gasteiger charge is -2.08. The van der Waals surface area contributed by atoms with E-state index < -0.39 is 9.85 Å². The van der Waals surface area contributed by atoms with Gasteiger partial charge in [0.05, 0.1) is 21.2 Å². The Morgan fingerprint density at radius 1 is 0.704 bits per heavy atom. The molecule has 0 aliphatic heterocycles. The number of non-ortho nitro benzene ring substituents is 2. The molecule has 0 aliphatic carbocycles. The lowest BCUT2D eigenvalue weighted by Crippen LogP contribution is -2.03. The molecule has 0 saturated heterocycles. The molecule has 3 aromatic rings. The molecule has 0 spiro atoms. The van der Waals surface area contributed by atoms with Gasteiger partial charge in [-0.3, -0.25) is 20.2 Å². The summed E-state index contributed by atoms with van der Waals surface area (Å²) in [6.07, 6.45) is 0. The third-order valence-electron chi connectivity index (χ3n) is 3.98. The van der Waals surface area contributed by atoms with E-state index in [0.717, 1.165) is 5.56 Å². The lowest BCUT2D eigenvalue weighted by atomic mass is 10.0. The Kier molecular flexibility index (Phi) is 5.03. The minimum absolute atomic E-state index is 0.0165. The first kappa shape index (κ1) is 17.9. The summed E-state index contributed by atoms with van der Waals surface area (Å²) in [5.74, 6) is 0. The maximum atomic E-state index is 10.9. The summed E-state index contributed by atoms with van der Waals surface area (Å²) in [4.78, 5) is 25.5. The second kappa shape index (κ2) is 7.57. The molecule has 3 aromatic carbocycles. The molecule has 0 atom stereocenters. The molecule has 0 bridgehead atoms. The van der Waals surface area contributed by atoms with Crippen LogP contribution in [0.4, 0.5) is 17.1 Å². The van der Waals surface area contributed by atoms with Crippen molar-refractivity contribution in [2.75, 3.05) is 0 Å². The Balaban J connectivity index is 2.09. The summed E-state index contributed by atoms with van der Waals surface area (Å²) in [5.41, 5.74) is 3.71. The first-order valence-electron chi connectivity index (χ1n) is 8.09. The van der Waals surface area contributed by atoms with Crippen molar-refractivity contribution in [3.8, 4) is 0 Å². The van der Waals surface area contributed by atoms with Crippen LogP contribution in [0.15, 0.2) is 77.8 Å². The van der Waals surface area contributed by atoms with Gasteiger partial charge in [-0.25, -0.2) is 4.99 Å². The molecule has 0 amide bonds. The fourth-order valence-corrected chi connectivity index (χ4v) is 2.53. The van der Waals surface area contributed by atoms with Gasteiger partial charge < -0.3 is 0 Å². The summed E-state index contributed by atoms with van der Waals surface area (Å²) in [6.45, 7) is 1.97. The minimum atomic E-state index is -0.466. The fourth-order valence-electron chi connectivity index (χ4n) is 2.53. The van der Waals surface area contributed by atoms with Crippen LogP contribution in [0.1, 0.15) is 16.7 Å². The van der Waals surface area contributed by atoms with E-state index in [0.29, 0.717) is 22.5 Å². The Bertz CT molecular complexity index is 949. The SMILES string of the molecule is Cc1ccc(N=C(c2ccc([N+](=O)[O-])cc2)c2ccc([N+](=O)[O-])cc2)cc1. The number of aryl methyl sites for hydroxylation is 1. The second-order valence-electron chi connectivity index (χ2n) is 5.90. The van der Waals surface area contributed by atoms with Crippen LogP contribution in [0, 0.1) is 27.2 Å². The average Bonchev–Trinajstić information content (AvgIpc) is 2.68. The molecule has 0 radical (unpaired) electrons. The Hall–Kier alpha value is -3.87. The number of nitrogens with zero attached hydrogens (tertiary/aromatic N) is 3. The third-order valence-corrected chi connectivity index (χ3v) is 3.98. The molecule has 7 nitrogen and oxygen atoms in total. The number of benzene rings is 3. The third kappa shape index (κ3) is 4.21.